The van der Waals surface area contributed by atoms with Gasteiger partial charge >= 0.3 is 0 Å². The van der Waals surface area contributed by atoms with Crippen LogP contribution in [0.2, 0.25) is 0 Å². The Hall–Kier alpha value is -2.22. The van der Waals surface area contributed by atoms with Crippen LogP contribution in [0, 0.1) is 5.21 Å². The van der Waals surface area contributed by atoms with Crippen molar-refractivity contribution in [2.45, 2.75) is 32.2 Å². The molecule has 2 aromatic heterocycles. The Morgan fingerprint density at radius 2 is 1.93 bits per heavy atom. The van der Waals surface area contributed by atoms with Crippen molar-refractivity contribution < 1.29 is 4.79 Å². The van der Waals surface area contributed by atoms with Gasteiger partial charge in [-0.1, -0.05) is 19.1 Å². The lowest BCUT2D eigenvalue weighted by Crippen LogP contribution is -2.22. The SMILES string of the molecule is CCC(CCN([O-])Cc1cc2c(Br)ccnc2n1C)c1ccc(C(=O)N(C)C)cc1. The summed E-state index contributed by atoms with van der Waals surface area (Å²) in [5.41, 5.74) is 3.66. The van der Waals surface area contributed by atoms with Crippen molar-refractivity contribution in [2.24, 2.45) is 7.05 Å². The van der Waals surface area contributed by atoms with Crippen LogP contribution in [0.5, 0.6) is 0 Å². The summed E-state index contributed by atoms with van der Waals surface area (Å²) in [6.07, 6.45) is 3.47. The number of halogens is 1. The van der Waals surface area contributed by atoms with Crippen LogP contribution in [0.15, 0.2) is 47.1 Å². The predicted molar refractivity (Wildman–Crippen MR) is 124 cm³/mol. The standard InChI is InChI=1S/C23H28BrN4O2/c1-5-16(17-6-8-18(9-7-17)23(29)26(2)3)11-13-28(30)15-19-14-20-21(24)10-12-25-22(20)27(19)4/h6-10,12,14,16H,5,11,13,15H2,1-4H3/q-1. The number of carbonyl (C=O) groups is 1. The van der Waals surface area contributed by atoms with Gasteiger partial charge in [-0.15, -0.1) is 0 Å². The summed E-state index contributed by atoms with van der Waals surface area (Å²) in [6, 6.07) is 11.7. The molecule has 0 spiro atoms. The molecule has 6 nitrogen and oxygen atoms in total. The minimum Gasteiger partial charge on any atom is -0.785 e. The molecule has 0 radical (unpaired) electrons. The number of nitrogens with zero attached hydrogens (tertiary/aromatic N) is 4. The van der Waals surface area contributed by atoms with Crippen LogP contribution in [0.3, 0.4) is 0 Å². The number of aromatic nitrogens is 2. The van der Waals surface area contributed by atoms with Crippen molar-refractivity contribution in [1.29, 1.82) is 0 Å². The molecule has 0 aliphatic heterocycles. The summed E-state index contributed by atoms with van der Waals surface area (Å²) >= 11 is 3.55. The quantitative estimate of drug-likeness (QED) is 0.437. The van der Waals surface area contributed by atoms with Crippen molar-refractivity contribution in [3.8, 4) is 0 Å². The number of hydroxylamine groups is 2. The van der Waals surface area contributed by atoms with Gasteiger partial charge in [0.05, 0.1) is 0 Å². The average molecular weight is 472 g/mol. The van der Waals surface area contributed by atoms with Gasteiger partial charge in [-0.3, -0.25) is 4.79 Å². The lowest BCUT2D eigenvalue weighted by Gasteiger charge is -2.30. The summed E-state index contributed by atoms with van der Waals surface area (Å²) in [5.74, 6) is 0.282. The fourth-order valence-corrected chi connectivity index (χ4v) is 4.12. The molecular weight excluding hydrogens is 444 g/mol. The topological polar surface area (TPSA) is 64.4 Å². The summed E-state index contributed by atoms with van der Waals surface area (Å²) in [6.45, 7) is 2.91. The summed E-state index contributed by atoms with van der Waals surface area (Å²) in [7, 11) is 5.44. The highest BCUT2D eigenvalue weighted by atomic mass is 79.9. The van der Waals surface area contributed by atoms with E-state index in [4.69, 9.17) is 0 Å². The molecule has 0 saturated carbocycles. The van der Waals surface area contributed by atoms with Gasteiger partial charge in [-0.25, -0.2) is 4.98 Å². The van der Waals surface area contributed by atoms with E-state index in [1.165, 1.54) is 5.56 Å². The first-order valence-corrected chi connectivity index (χ1v) is 10.9. The van der Waals surface area contributed by atoms with Crippen LogP contribution in [-0.2, 0) is 13.6 Å². The lowest BCUT2D eigenvalue weighted by atomic mass is 9.92. The van der Waals surface area contributed by atoms with Crippen molar-refractivity contribution in [3.63, 3.8) is 0 Å². The highest BCUT2D eigenvalue weighted by Crippen LogP contribution is 2.27. The molecule has 1 atom stereocenters. The molecule has 0 aliphatic rings. The van der Waals surface area contributed by atoms with E-state index in [1.807, 2.05) is 48.0 Å². The van der Waals surface area contributed by atoms with Gasteiger partial charge in [0.2, 0.25) is 0 Å². The van der Waals surface area contributed by atoms with Crippen molar-refractivity contribution in [3.05, 3.63) is 69.1 Å². The normalized spacial score (nSPS) is 12.5. The average Bonchev–Trinajstić information content (AvgIpc) is 3.05. The summed E-state index contributed by atoms with van der Waals surface area (Å²) in [5, 5.41) is 14.8. The van der Waals surface area contributed by atoms with Crippen LogP contribution in [0.25, 0.3) is 11.0 Å². The van der Waals surface area contributed by atoms with Crippen LogP contribution >= 0.6 is 15.9 Å². The molecule has 30 heavy (non-hydrogen) atoms. The molecule has 2 heterocycles. The molecule has 160 valence electrons. The zero-order chi connectivity index (χ0) is 21.8. The Balaban J connectivity index is 1.63. The largest absolute Gasteiger partial charge is 0.785 e. The smallest absolute Gasteiger partial charge is 0.253 e. The van der Waals surface area contributed by atoms with Gasteiger partial charge in [0, 0.05) is 55.0 Å². The number of pyridine rings is 1. The molecule has 3 rings (SSSR count). The van der Waals surface area contributed by atoms with Gasteiger partial charge in [-0.05, 0) is 71.1 Å². The maximum atomic E-state index is 12.6. The zero-order valence-electron chi connectivity index (χ0n) is 17.9. The van der Waals surface area contributed by atoms with E-state index in [9.17, 15) is 10.0 Å². The Labute approximate surface area is 186 Å². The third kappa shape index (κ3) is 4.91. The molecule has 1 amide bonds. The number of hydrogen-bond donors (Lipinski definition) is 0. The first-order chi connectivity index (χ1) is 14.3. The number of rotatable bonds is 8. The minimum atomic E-state index is -0.00332. The molecular formula is C23H28BrN4O2-. The van der Waals surface area contributed by atoms with E-state index in [0.717, 1.165) is 39.1 Å². The number of carbonyl (C=O) groups excluding carboxylic acids is 1. The third-order valence-electron chi connectivity index (χ3n) is 5.57. The van der Waals surface area contributed by atoms with E-state index in [1.54, 1.807) is 25.2 Å². The maximum Gasteiger partial charge on any atom is 0.253 e. The number of aryl methyl sites for hydroxylation is 1. The zero-order valence-corrected chi connectivity index (χ0v) is 19.5. The van der Waals surface area contributed by atoms with Gasteiger partial charge < -0.3 is 19.7 Å². The van der Waals surface area contributed by atoms with Crippen LogP contribution in [-0.4, -0.2) is 46.1 Å². The fourth-order valence-electron chi connectivity index (χ4n) is 3.71. The van der Waals surface area contributed by atoms with Gasteiger partial charge in [-0.2, -0.15) is 0 Å². The molecule has 0 aliphatic carbocycles. The van der Waals surface area contributed by atoms with Crippen LogP contribution in [0.1, 0.15) is 47.3 Å². The molecule has 7 heteroatoms. The first kappa shape index (κ1) is 22.5. The van der Waals surface area contributed by atoms with Crippen molar-refractivity contribution in [2.75, 3.05) is 20.6 Å². The second-order valence-corrected chi connectivity index (χ2v) is 8.66. The molecule has 1 unspecified atom stereocenters. The Morgan fingerprint density at radius 3 is 2.53 bits per heavy atom. The van der Waals surface area contributed by atoms with E-state index in [0.29, 0.717) is 18.7 Å². The number of benzene rings is 1. The van der Waals surface area contributed by atoms with Crippen molar-refractivity contribution in [1.82, 2.24) is 19.5 Å². The molecule has 1 aromatic carbocycles. The fraction of sp³-hybridized carbons (Fsp3) is 0.391. The first-order valence-electron chi connectivity index (χ1n) is 10.1. The van der Waals surface area contributed by atoms with E-state index in [-0.39, 0.29) is 11.8 Å². The number of amides is 1. The molecule has 0 saturated heterocycles. The molecule has 0 N–H and O–H groups in total. The Kier molecular flexibility index (Phi) is 7.28. The van der Waals surface area contributed by atoms with Gasteiger partial charge in [0.15, 0.2) is 0 Å². The Bertz CT molecular complexity index is 1010. The highest BCUT2D eigenvalue weighted by molar-refractivity contribution is 9.10. The molecule has 0 fully saturated rings. The van der Waals surface area contributed by atoms with Gasteiger partial charge in [0.1, 0.15) is 5.65 Å². The molecule has 3 aromatic rings. The maximum absolute atomic E-state index is 12.6. The van der Waals surface area contributed by atoms with E-state index < -0.39 is 0 Å². The molecule has 0 bridgehead atoms. The number of hydrogen-bond acceptors (Lipinski definition) is 4. The number of fused-ring (bicyclic) bond motifs is 1. The second kappa shape index (κ2) is 9.73. The summed E-state index contributed by atoms with van der Waals surface area (Å²) < 4.78 is 2.96. The van der Waals surface area contributed by atoms with Crippen molar-refractivity contribution >= 4 is 32.9 Å². The van der Waals surface area contributed by atoms with Crippen LogP contribution < -0.4 is 0 Å². The van der Waals surface area contributed by atoms with Gasteiger partial charge in [0.25, 0.3) is 5.91 Å². The van der Waals surface area contributed by atoms with E-state index in [2.05, 4.69) is 27.8 Å². The van der Waals surface area contributed by atoms with Crippen LogP contribution in [0.4, 0.5) is 0 Å². The monoisotopic (exact) mass is 471 g/mol. The highest BCUT2D eigenvalue weighted by Gasteiger charge is 2.14. The predicted octanol–water partition coefficient (Wildman–Crippen LogP) is 4.92. The lowest BCUT2D eigenvalue weighted by molar-refractivity contribution is 0.0827. The minimum absolute atomic E-state index is 0.00332. The van der Waals surface area contributed by atoms with E-state index >= 15 is 0 Å². The Morgan fingerprint density at radius 1 is 1.23 bits per heavy atom. The third-order valence-corrected chi connectivity index (χ3v) is 6.26. The second-order valence-electron chi connectivity index (χ2n) is 7.80. The summed E-state index contributed by atoms with van der Waals surface area (Å²) in [4.78, 5) is 18.0.